The van der Waals surface area contributed by atoms with Gasteiger partial charge in [0.15, 0.2) is 5.78 Å². The van der Waals surface area contributed by atoms with Gasteiger partial charge in [0, 0.05) is 22.2 Å². The molecule has 0 bridgehead atoms. The van der Waals surface area contributed by atoms with Crippen LogP contribution in [0.5, 0.6) is 0 Å². The molecular formula is C10H10BrNaO4S. The topological polar surface area (TPSA) is 58.6 Å². The Kier molecular flexibility index (Phi) is 9.86. The van der Waals surface area contributed by atoms with Gasteiger partial charge in [0.25, 0.3) is 0 Å². The molecule has 0 N–H and O–H groups in total. The standard InChI is InChI=1S/C10H11BrO4S.Na/c1-7-6-8(16-15-14-13)2-3-9(7)10(12)4-5-11;/h2-3,6,13H,4-5H2,1H3;/q;+1/p-1. The first-order valence-corrected chi connectivity index (χ1v) is 6.38. The Morgan fingerprint density at radius 3 is 2.76 bits per heavy atom. The number of Topliss-reactive ketones (excluding diaryl/α,β-unsaturated/α-hetero) is 1. The van der Waals surface area contributed by atoms with Gasteiger partial charge in [-0.1, -0.05) is 15.9 Å². The van der Waals surface area contributed by atoms with Crippen LogP contribution in [0, 0.1) is 6.92 Å². The molecule has 0 atom stereocenters. The van der Waals surface area contributed by atoms with Crippen molar-refractivity contribution in [1.82, 2.24) is 0 Å². The van der Waals surface area contributed by atoms with Gasteiger partial charge < -0.3 is 5.26 Å². The number of ketones is 1. The smallest absolute Gasteiger partial charge is 0.691 e. The van der Waals surface area contributed by atoms with Crippen LogP contribution < -0.4 is 34.8 Å². The Labute approximate surface area is 135 Å². The first-order valence-electron chi connectivity index (χ1n) is 4.52. The number of rotatable bonds is 6. The van der Waals surface area contributed by atoms with Crippen LogP contribution in [0.25, 0.3) is 0 Å². The van der Waals surface area contributed by atoms with E-state index in [9.17, 15) is 10.1 Å². The van der Waals surface area contributed by atoms with E-state index in [1.54, 1.807) is 18.2 Å². The van der Waals surface area contributed by atoms with Gasteiger partial charge in [0.1, 0.15) is 0 Å². The Hall–Kier alpha value is 0.600. The molecule has 0 saturated carbocycles. The fourth-order valence-corrected chi connectivity index (χ4v) is 2.09. The molecule has 0 aliphatic carbocycles. The minimum atomic E-state index is 0. The maximum atomic E-state index is 11.6. The molecule has 1 aromatic carbocycles. The van der Waals surface area contributed by atoms with E-state index in [1.807, 2.05) is 6.92 Å². The summed E-state index contributed by atoms with van der Waals surface area (Å²) in [7, 11) is 0. The summed E-state index contributed by atoms with van der Waals surface area (Å²) in [6, 6.07) is 5.19. The number of hydrogen-bond donors (Lipinski definition) is 0. The third-order valence-corrected chi connectivity index (χ3v) is 2.94. The van der Waals surface area contributed by atoms with Crippen molar-refractivity contribution >= 4 is 33.8 Å². The van der Waals surface area contributed by atoms with Gasteiger partial charge in [-0.3, -0.25) is 9.83 Å². The van der Waals surface area contributed by atoms with Crippen LogP contribution in [0.1, 0.15) is 22.3 Å². The van der Waals surface area contributed by atoms with Crippen LogP contribution in [0.15, 0.2) is 23.1 Å². The molecule has 1 aromatic rings. The fourth-order valence-electron chi connectivity index (χ4n) is 1.27. The summed E-state index contributed by atoms with van der Waals surface area (Å²) >= 11 is 4.04. The van der Waals surface area contributed by atoms with Gasteiger partial charge in [-0.25, -0.2) is 0 Å². The van der Waals surface area contributed by atoms with Crippen molar-refractivity contribution in [3.05, 3.63) is 29.3 Å². The van der Waals surface area contributed by atoms with Crippen LogP contribution in [0.3, 0.4) is 0 Å². The molecule has 0 spiro atoms. The zero-order chi connectivity index (χ0) is 12.0. The van der Waals surface area contributed by atoms with Gasteiger partial charge in [0.05, 0.1) is 12.0 Å². The van der Waals surface area contributed by atoms with Crippen molar-refractivity contribution < 1.29 is 49.0 Å². The molecule has 0 heterocycles. The van der Waals surface area contributed by atoms with Crippen molar-refractivity contribution in [2.24, 2.45) is 0 Å². The van der Waals surface area contributed by atoms with Crippen LogP contribution >= 0.6 is 28.0 Å². The van der Waals surface area contributed by atoms with Crippen LogP contribution in [0.4, 0.5) is 0 Å². The summed E-state index contributed by atoms with van der Waals surface area (Å²) in [5.41, 5.74) is 1.54. The minimum absolute atomic E-state index is 0. The number of halogens is 1. The monoisotopic (exact) mass is 328 g/mol. The third-order valence-electron chi connectivity index (χ3n) is 1.98. The Balaban J connectivity index is 0.00000256. The van der Waals surface area contributed by atoms with E-state index in [-0.39, 0.29) is 35.3 Å². The average molecular weight is 329 g/mol. The molecule has 0 aromatic heterocycles. The second-order valence-corrected chi connectivity index (χ2v) is 4.63. The van der Waals surface area contributed by atoms with Crippen molar-refractivity contribution in [3.63, 3.8) is 0 Å². The van der Waals surface area contributed by atoms with Crippen molar-refractivity contribution in [2.45, 2.75) is 18.2 Å². The summed E-state index contributed by atoms with van der Waals surface area (Å²) in [5.74, 6) is 0.0897. The molecular weight excluding hydrogens is 319 g/mol. The first-order chi connectivity index (χ1) is 7.69. The second-order valence-electron chi connectivity index (χ2n) is 3.06. The first kappa shape index (κ1) is 17.6. The van der Waals surface area contributed by atoms with E-state index in [4.69, 9.17) is 0 Å². The normalized spacial score (nSPS) is 9.82. The number of hydrogen-bond acceptors (Lipinski definition) is 5. The van der Waals surface area contributed by atoms with Crippen molar-refractivity contribution in [3.8, 4) is 0 Å². The molecule has 0 unspecified atom stereocenters. The predicted octanol–water partition coefficient (Wildman–Crippen LogP) is -0.803. The van der Waals surface area contributed by atoms with Crippen LogP contribution in [-0.2, 0) is 9.37 Å². The maximum absolute atomic E-state index is 11.6. The summed E-state index contributed by atoms with van der Waals surface area (Å²) in [6.45, 7) is 1.84. The number of carbonyl (C=O) groups excluding carboxylic acids is 1. The van der Waals surface area contributed by atoms with Crippen molar-refractivity contribution in [1.29, 1.82) is 0 Å². The Morgan fingerprint density at radius 2 is 2.24 bits per heavy atom. The summed E-state index contributed by atoms with van der Waals surface area (Å²) < 4.78 is 4.19. The molecule has 0 aliphatic rings. The Bertz CT molecular complexity index is 375. The number of aryl methyl sites for hydroxylation is 1. The Morgan fingerprint density at radius 1 is 1.53 bits per heavy atom. The number of alkyl halides is 1. The molecule has 0 saturated heterocycles. The van der Waals surface area contributed by atoms with E-state index in [0.29, 0.717) is 22.2 Å². The molecule has 0 fully saturated rings. The molecule has 7 heteroatoms. The number of benzene rings is 1. The van der Waals surface area contributed by atoms with E-state index in [1.165, 1.54) is 0 Å². The molecule has 17 heavy (non-hydrogen) atoms. The quantitative estimate of drug-likeness (QED) is 0.171. The third kappa shape index (κ3) is 5.85. The SMILES string of the molecule is Cc1cc(SOO[O-])ccc1C(=O)CCBr.[Na+]. The van der Waals surface area contributed by atoms with Crippen molar-refractivity contribution in [2.75, 3.05) is 5.33 Å². The predicted molar refractivity (Wildman–Crippen MR) is 61.9 cm³/mol. The van der Waals surface area contributed by atoms with Gasteiger partial charge in [0.2, 0.25) is 0 Å². The zero-order valence-electron chi connectivity index (χ0n) is 9.57. The maximum Gasteiger partial charge on any atom is 1.00 e. The average Bonchev–Trinajstić information content (AvgIpc) is 2.26. The minimum Gasteiger partial charge on any atom is -0.691 e. The molecule has 0 amide bonds. The summed E-state index contributed by atoms with van der Waals surface area (Å²) in [6.07, 6.45) is 0.466. The molecule has 0 radical (unpaired) electrons. The molecule has 88 valence electrons. The van der Waals surface area contributed by atoms with E-state index < -0.39 is 0 Å². The van der Waals surface area contributed by atoms with Gasteiger partial charge in [-0.15, -0.1) is 0 Å². The summed E-state index contributed by atoms with van der Waals surface area (Å²) in [4.78, 5) is 12.4. The zero-order valence-corrected chi connectivity index (χ0v) is 14.0. The summed E-state index contributed by atoms with van der Waals surface area (Å²) in [5, 5.41) is 13.5. The van der Waals surface area contributed by atoms with Gasteiger partial charge in [-0.05, 0) is 30.7 Å². The molecule has 0 aliphatic heterocycles. The van der Waals surface area contributed by atoms with E-state index in [0.717, 1.165) is 17.6 Å². The largest absolute Gasteiger partial charge is 1.00 e. The van der Waals surface area contributed by atoms with E-state index in [2.05, 4.69) is 25.3 Å². The van der Waals surface area contributed by atoms with Crippen LogP contribution in [-0.4, -0.2) is 11.1 Å². The van der Waals surface area contributed by atoms with Crippen LogP contribution in [0.2, 0.25) is 0 Å². The fraction of sp³-hybridized carbons (Fsp3) is 0.300. The van der Waals surface area contributed by atoms with Gasteiger partial charge in [-0.2, -0.15) is 4.33 Å². The second kappa shape index (κ2) is 9.52. The molecule has 4 nitrogen and oxygen atoms in total. The van der Waals surface area contributed by atoms with E-state index >= 15 is 0 Å². The molecule has 1 rings (SSSR count). The van der Waals surface area contributed by atoms with Gasteiger partial charge >= 0.3 is 29.6 Å². The number of carbonyl (C=O) groups is 1.